The van der Waals surface area contributed by atoms with E-state index in [4.69, 9.17) is 9.47 Å². The van der Waals surface area contributed by atoms with Gasteiger partial charge >= 0.3 is 0 Å². The lowest BCUT2D eigenvalue weighted by atomic mass is 10.1. The van der Waals surface area contributed by atoms with Crippen molar-refractivity contribution in [3.8, 4) is 5.75 Å². The number of ether oxygens (including phenoxy) is 2. The van der Waals surface area contributed by atoms with Crippen molar-refractivity contribution < 1.29 is 19.4 Å². The second-order valence-corrected chi connectivity index (χ2v) is 7.95. The average molecular weight is 389 g/mol. The number of likely N-dealkylation sites (tertiary alicyclic amines) is 2. The molecule has 1 N–H and O–H groups in total. The predicted molar refractivity (Wildman–Crippen MR) is 105 cm³/mol. The van der Waals surface area contributed by atoms with Gasteiger partial charge in [-0.3, -0.25) is 14.6 Å². The molecule has 3 aliphatic heterocycles. The Morgan fingerprint density at radius 3 is 2.61 bits per heavy atom. The van der Waals surface area contributed by atoms with Crippen LogP contribution in [0.4, 0.5) is 0 Å². The molecule has 0 saturated carbocycles. The minimum Gasteiger partial charge on any atom is -0.492 e. The Kier molecular flexibility index (Phi) is 6.47. The van der Waals surface area contributed by atoms with Crippen LogP contribution in [0.3, 0.4) is 0 Å². The molecule has 0 aliphatic carbocycles. The number of hydrogen-bond acceptors (Lipinski definition) is 6. The summed E-state index contributed by atoms with van der Waals surface area (Å²) >= 11 is 0. The molecule has 1 aromatic carbocycles. The van der Waals surface area contributed by atoms with Gasteiger partial charge in [-0.25, -0.2) is 0 Å². The highest BCUT2D eigenvalue weighted by Gasteiger charge is 2.35. The Bertz CT molecular complexity index is 648. The molecule has 0 unspecified atom stereocenters. The molecule has 3 aliphatic rings. The normalized spacial score (nSPS) is 26.9. The molecule has 4 rings (SSSR count). The summed E-state index contributed by atoms with van der Waals surface area (Å²) in [6, 6.07) is 8.37. The van der Waals surface area contributed by atoms with Gasteiger partial charge in [-0.05, 0) is 24.1 Å². The van der Waals surface area contributed by atoms with E-state index in [-0.39, 0.29) is 18.1 Å². The van der Waals surface area contributed by atoms with Crippen LogP contribution < -0.4 is 4.74 Å². The first-order chi connectivity index (χ1) is 13.7. The van der Waals surface area contributed by atoms with E-state index in [0.717, 1.165) is 58.1 Å². The zero-order valence-electron chi connectivity index (χ0n) is 16.5. The summed E-state index contributed by atoms with van der Waals surface area (Å²) in [5, 5.41) is 10.5. The van der Waals surface area contributed by atoms with Gasteiger partial charge in [0.25, 0.3) is 0 Å². The number of benzene rings is 1. The Balaban J connectivity index is 1.22. The first-order valence-corrected chi connectivity index (χ1v) is 10.4. The fourth-order valence-corrected chi connectivity index (χ4v) is 4.41. The molecular formula is C21H31N3O4. The van der Waals surface area contributed by atoms with Gasteiger partial charge < -0.3 is 19.5 Å². The molecule has 3 heterocycles. The predicted octanol–water partition coefficient (Wildman–Crippen LogP) is 0.565. The number of β-amino-alcohol motifs (C(OH)–C–C–N with tert-alkyl or cyclic N) is 1. The summed E-state index contributed by atoms with van der Waals surface area (Å²) in [6.45, 7) is 7.82. The lowest BCUT2D eigenvalue weighted by Gasteiger charge is -2.33. The quantitative estimate of drug-likeness (QED) is 0.735. The van der Waals surface area contributed by atoms with Crippen molar-refractivity contribution in [2.45, 2.75) is 31.5 Å². The minimum atomic E-state index is -0.297. The van der Waals surface area contributed by atoms with Gasteiger partial charge in [0.1, 0.15) is 12.4 Å². The van der Waals surface area contributed by atoms with Gasteiger partial charge in [0, 0.05) is 51.7 Å². The van der Waals surface area contributed by atoms with E-state index in [2.05, 4.69) is 21.9 Å². The molecule has 1 amide bonds. The van der Waals surface area contributed by atoms with E-state index in [1.807, 2.05) is 17.0 Å². The summed E-state index contributed by atoms with van der Waals surface area (Å²) in [4.78, 5) is 18.2. The summed E-state index contributed by atoms with van der Waals surface area (Å²) in [5.74, 6) is 1.07. The number of amides is 1. The van der Waals surface area contributed by atoms with E-state index in [1.54, 1.807) is 0 Å². The molecular weight excluding hydrogens is 358 g/mol. The Labute approximate surface area is 166 Å². The highest BCUT2D eigenvalue weighted by Crippen LogP contribution is 2.21. The highest BCUT2D eigenvalue weighted by atomic mass is 16.5. The summed E-state index contributed by atoms with van der Waals surface area (Å²) in [5.41, 5.74) is 1.22. The lowest BCUT2D eigenvalue weighted by molar-refractivity contribution is -0.128. The maximum Gasteiger partial charge on any atom is 0.222 e. The largest absolute Gasteiger partial charge is 0.492 e. The third-order valence-electron chi connectivity index (χ3n) is 5.98. The molecule has 0 bridgehead atoms. The Hall–Kier alpha value is -1.67. The minimum absolute atomic E-state index is 0.208. The number of morpholine rings is 1. The van der Waals surface area contributed by atoms with Crippen LogP contribution in [0.2, 0.25) is 0 Å². The van der Waals surface area contributed by atoms with Crippen molar-refractivity contribution >= 4 is 5.91 Å². The fourth-order valence-electron chi connectivity index (χ4n) is 4.41. The monoisotopic (exact) mass is 389 g/mol. The van der Waals surface area contributed by atoms with Crippen LogP contribution in [0.1, 0.15) is 18.4 Å². The van der Waals surface area contributed by atoms with E-state index in [1.165, 1.54) is 5.56 Å². The molecule has 0 spiro atoms. The van der Waals surface area contributed by atoms with Crippen molar-refractivity contribution in [2.24, 2.45) is 0 Å². The number of aliphatic hydroxyl groups excluding tert-OH is 1. The summed E-state index contributed by atoms with van der Waals surface area (Å²) in [6.07, 6.45) is 1.34. The molecule has 3 fully saturated rings. The SMILES string of the molecule is O=C1CCCN1CCOc1ccc(CN2C[C@H](O)[C@@H](N3CCOCC3)C2)cc1. The molecule has 154 valence electrons. The molecule has 2 atom stereocenters. The molecule has 28 heavy (non-hydrogen) atoms. The van der Waals surface area contributed by atoms with Crippen molar-refractivity contribution in [3.63, 3.8) is 0 Å². The Morgan fingerprint density at radius 2 is 1.89 bits per heavy atom. The van der Waals surface area contributed by atoms with Crippen LogP contribution >= 0.6 is 0 Å². The Morgan fingerprint density at radius 1 is 1.11 bits per heavy atom. The van der Waals surface area contributed by atoms with Gasteiger partial charge in [-0.2, -0.15) is 0 Å². The first-order valence-electron chi connectivity index (χ1n) is 10.4. The van der Waals surface area contributed by atoms with Crippen molar-refractivity contribution in [3.05, 3.63) is 29.8 Å². The van der Waals surface area contributed by atoms with E-state index in [9.17, 15) is 9.90 Å². The number of carbonyl (C=O) groups excluding carboxylic acids is 1. The number of nitrogens with zero attached hydrogens (tertiary/aromatic N) is 3. The topological polar surface area (TPSA) is 65.5 Å². The smallest absolute Gasteiger partial charge is 0.222 e. The van der Waals surface area contributed by atoms with Crippen molar-refractivity contribution in [1.82, 2.24) is 14.7 Å². The number of aliphatic hydroxyl groups is 1. The highest BCUT2D eigenvalue weighted by molar-refractivity contribution is 5.78. The van der Waals surface area contributed by atoms with Crippen LogP contribution in [0.15, 0.2) is 24.3 Å². The number of carbonyl (C=O) groups is 1. The molecule has 0 aromatic heterocycles. The molecule has 0 radical (unpaired) electrons. The van der Waals surface area contributed by atoms with Crippen molar-refractivity contribution in [1.29, 1.82) is 0 Å². The second kappa shape index (κ2) is 9.22. The van der Waals surface area contributed by atoms with Crippen LogP contribution in [0.5, 0.6) is 5.75 Å². The fraction of sp³-hybridized carbons (Fsp3) is 0.667. The third kappa shape index (κ3) is 4.84. The molecule has 7 nitrogen and oxygen atoms in total. The zero-order chi connectivity index (χ0) is 19.3. The molecule has 7 heteroatoms. The maximum atomic E-state index is 11.6. The van der Waals surface area contributed by atoms with E-state index >= 15 is 0 Å². The second-order valence-electron chi connectivity index (χ2n) is 7.95. The maximum absolute atomic E-state index is 11.6. The van der Waals surface area contributed by atoms with E-state index in [0.29, 0.717) is 26.1 Å². The molecule has 1 aromatic rings. The van der Waals surface area contributed by atoms with Crippen molar-refractivity contribution in [2.75, 3.05) is 59.1 Å². The zero-order valence-corrected chi connectivity index (χ0v) is 16.5. The average Bonchev–Trinajstić information content (AvgIpc) is 3.29. The van der Waals surface area contributed by atoms with Gasteiger partial charge in [0.2, 0.25) is 5.91 Å². The summed E-state index contributed by atoms with van der Waals surface area (Å²) < 4.78 is 11.2. The van der Waals surface area contributed by atoms with Crippen LogP contribution in [-0.2, 0) is 16.1 Å². The van der Waals surface area contributed by atoms with Crippen LogP contribution in [0, 0.1) is 0 Å². The van der Waals surface area contributed by atoms with Gasteiger partial charge in [-0.15, -0.1) is 0 Å². The van der Waals surface area contributed by atoms with Crippen LogP contribution in [0.25, 0.3) is 0 Å². The third-order valence-corrected chi connectivity index (χ3v) is 5.98. The van der Waals surface area contributed by atoms with Gasteiger partial charge in [-0.1, -0.05) is 12.1 Å². The lowest BCUT2D eigenvalue weighted by Crippen LogP contribution is -2.48. The first kappa shape index (κ1) is 19.6. The molecule has 3 saturated heterocycles. The standard InChI is InChI=1S/C21H31N3O4/c25-20-16-22(15-19(20)23-8-11-27-12-9-23)14-17-3-5-18(6-4-17)28-13-10-24-7-1-2-21(24)26/h3-6,19-20,25H,1-2,7-16H2/t19-,20-/m0/s1. The number of rotatable bonds is 7. The van der Waals surface area contributed by atoms with Gasteiger partial charge in [0.05, 0.1) is 25.9 Å². The van der Waals surface area contributed by atoms with E-state index < -0.39 is 0 Å². The number of hydrogen-bond donors (Lipinski definition) is 1. The van der Waals surface area contributed by atoms with Crippen LogP contribution in [-0.4, -0.2) is 96.9 Å². The summed E-state index contributed by atoms with van der Waals surface area (Å²) in [7, 11) is 0. The van der Waals surface area contributed by atoms with Gasteiger partial charge in [0.15, 0.2) is 0 Å².